The first kappa shape index (κ1) is 30.7. The summed E-state index contributed by atoms with van der Waals surface area (Å²) in [5.41, 5.74) is 5.54. The van der Waals surface area contributed by atoms with Gasteiger partial charge >= 0.3 is 17.9 Å². The Morgan fingerprint density at radius 1 is 0.765 bits per heavy atom. The fourth-order valence-electron chi connectivity index (χ4n) is 2.77. The number of carbonyl (C=O) groups excluding carboxylic acids is 3. The zero-order chi connectivity index (χ0) is 26.6. The van der Waals surface area contributed by atoms with Gasteiger partial charge in [0.1, 0.15) is 24.2 Å². The molecule has 0 radical (unpaired) electrons. The average molecular weight is 491 g/mol. The summed E-state index contributed by atoms with van der Waals surface area (Å²) in [6, 6.07) is -5.58. The van der Waals surface area contributed by atoms with Crippen molar-refractivity contribution in [3.8, 4) is 0 Å². The van der Waals surface area contributed by atoms with Crippen LogP contribution < -0.4 is 21.7 Å². The predicted octanol–water partition coefficient (Wildman–Crippen LogP) is -1.99. The van der Waals surface area contributed by atoms with Gasteiger partial charge in [0, 0.05) is 12.8 Å². The van der Waals surface area contributed by atoms with Crippen molar-refractivity contribution in [1.82, 2.24) is 16.0 Å². The normalized spacial score (nSPS) is 16.1. The zero-order valence-electron chi connectivity index (χ0n) is 19.3. The Bertz CT molecular complexity index is 758. The maximum Gasteiger partial charge on any atom is 0.326 e. The second kappa shape index (κ2) is 14.8. The molecule has 0 aromatic rings. The minimum absolute atomic E-state index is 0.343. The largest absolute Gasteiger partial charge is 0.481 e. The lowest BCUT2D eigenvalue weighted by Gasteiger charge is -2.28. The molecule has 0 bridgehead atoms. The summed E-state index contributed by atoms with van der Waals surface area (Å²) < 4.78 is 0. The number of hydrogen-bond donors (Lipinski definition) is 8. The summed E-state index contributed by atoms with van der Waals surface area (Å²) in [5.74, 6) is -7.17. The fourth-order valence-corrected chi connectivity index (χ4v) is 2.77. The van der Waals surface area contributed by atoms with Gasteiger partial charge in [0.25, 0.3) is 0 Å². The highest BCUT2D eigenvalue weighted by atomic mass is 16.4. The number of aliphatic hydroxyl groups is 1. The van der Waals surface area contributed by atoms with Crippen LogP contribution in [0.4, 0.5) is 0 Å². The SMILES string of the molecule is CCC(C)C(NC(=O)C(CCC(=O)O)NC(=O)C(N)C(C)O)C(=O)NC(CCC(=O)O)C(=O)O. The standard InChI is InChI=1S/C20H34N4O10/c1-4-9(2)16(19(32)23-12(20(33)34)6-8-14(28)29)24-17(30)11(5-7-13(26)27)22-18(31)15(21)10(3)25/h9-12,15-16,25H,4-8,21H2,1-3H3,(H,22,31)(H,23,32)(H,24,30)(H,26,27)(H,28,29)(H,33,34). The van der Waals surface area contributed by atoms with E-state index in [2.05, 4.69) is 16.0 Å². The molecule has 0 saturated heterocycles. The molecule has 0 saturated carbocycles. The van der Waals surface area contributed by atoms with Gasteiger partial charge < -0.3 is 42.1 Å². The van der Waals surface area contributed by atoms with E-state index in [4.69, 9.17) is 15.9 Å². The molecule has 6 unspecified atom stereocenters. The van der Waals surface area contributed by atoms with Crippen molar-refractivity contribution in [2.75, 3.05) is 0 Å². The van der Waals surface area contributed by atoms with Gasteiger partial charge in [0.15, 0.2) is 0 Å². The number of nitrogens with one attached hydrogen (secondary N) is 3. The molecule has 0 aliphatic heterocycles. The number of nitrogens with two attached hydrogens (primary N) is 1. The van der Waals surface area contributed by atoms with E-state index in [0.717, 1.165) is 0 Å². The predicted molar refractivity (Wildman–Crippen MR) is 116 cm³/mol. The molecule has 0 aromatic carbocycles. The van der Waals surface area contributed by atoms with E-state index in [0.29, 0.717) is 6.42 Å². The van der Waals surface area contributed by atoms with Crippen LogP contribution in [0.5, 0.6) is 0 Å². The molecular weight excluding hydrogens is 456 g/mol. The molecule has 6 atom stereocenters. The zero-order valence-corrected chi connectivity index (χ0v) is 19.3. The maximum atomic E-state index is 12.9. The summed E-state index contributed by atoms with van der Waals surface area (Å²) in [6.07, 6.45) is -2.61. The summed E-state index contributed by atoms with van der Waals surface area (Å²) in [7, 11) is 0. The van der Waals surface area contributed by atoms with E-state index in [9.17, 15) is 39.0 Å². The number of carboxylic acid groups (broad SMARTS) is 3. The van der Waals surface area contributed by atoms with Crippen LogP contribution in [0.25, 0.3) is 0 Å². The lowest BCUT2D eigenvalue weighted by molar-refractivity contribution is -0.143. The van der Waals surface area contributed by atoms with Gasteiger partial charge in [-0.25, -0.2) is 4.79 Å². The van der Waals surface area contributed by atoms with Crippen molar-refractivity contribution in [2.24, 2.45) is 11.7 Å². The minimum atomic E-state index is -1.52. The van der Waals surface area contributed by atoms with E-state index >= 15 is 0 Å². The Hall–Kier alpha value is -3.26. The number of amides is 3. The van der Waals surface area contributed by atoms with E-state index < -0.39 is 84.7 Å². The Morgan fingerprint density at radius 3 is 1.65 bits per heavy atom. The van der Waals surface area contributed by atoms with Crippen LogP contribution in [0.2, 0.25) is 0 Å². The molecule has 194 valence electrons. The fraction of sp³-hybridized carbons (Fsp3) is 0.700. The van der Waals surface area contributed by atoms with Crippen LogP contribution in [-0.4, -0.2) is 86.3 Å². The number of rotatable bonds is 16. The number of hydrogen-bond acceptors (Lipinski definition) is 8. The molecule has 34 heavy (non-hydrogen) atoms. The van der Waals surface area contributed by atoms with Crippen molar-refractivity contribution < 1.29 is 49.2 Å². The minimum Gasteiger partial charge on any atom is -0.481 e. The van der Waals surface area contributed by atoms with Crippen molar-refractivity contribution >= 4 is 35.6 Å². The Kier molecular flexibility index (Phi) is 13.4. The highest BCUT2D eigenvalue weighted by Crippen LogP contribution is 2.11. The Balaban J connectivity index is 5.62. The smallest absolute Gasteiger partial charge is 0.326 e. The van der Waals surface area contributed by atoms with Gasteiger partial charge in [-0.3, -0.25) is 24.0 Å². The molecule has 3 amide bonds. The topological polar surface area (TPSA) is 245 Å². The number of carboxylic acids is 3. The first-order chi connectivity index (χ1) is 15.7. The van der Waals surface area contributed by atoms with Gasteiger partial charge in [0.2, 0.25) is 17.7 Å². The summed E-state index contributed by atoms with van der Waals surface area (Å²) in [6.45, 7) is 4.57. The van der Waals surface area contributed by atoms with Crippen LogP contribution in [0.3, 0.4) is 0 Å². The number of aliphatic hydroxyl groups excluding tert-OH is 1. The van der Waals surface area contributed by atoms with Gasteiger partial charge in [-0.1, -0.05) is 20.3 Å². The van der Waals surface area contributed by atoms with Crippen LogP contribution in [0.15, 0.2) is 0 Å². The third-order valence-electron chi connectivity index (χ3n) is 5.16. The second-order valence-electron chi connectivity index (χ2n) is 7.96. The van der Waals surface area contributed by atoms with Crippen molar-refractivity contribution in [2.45, 2.75) is 83.1 Å². The van der Waals surface area contributed by atoms with Crippen LogP contribution in [0, 0.1) is 5.92 Å². The van der Waals surface area contributed by atoms with E-state index in [1.165, 1.54) is 6.92 Å². The Labute approximate surface area is 196 Å². The first-order valence-electron chi connectivity index (χ1n) is 10.7. The highest BCUT2D eigenvalue weighted by Gasteiger charge is 2.33. The molecule has 14 heteroatoms. The quantitative estimate of drug-likeness (QED) is 0.118. The van der Waals surface area contributed by atoms with Crippen molar-refractivity contribution in [3.63, 3.8) is 0 Å². The second-order valence-corrected chi connectivity index (χ2v) is 7.96. The summed E-state index contributed by atoms with van der Waals surface area (Å²) >= 11 is 0. The molecule has 0 fully saturated rings. The van der Waals surface area contributed by atoms with Gasteiger partial charge in [-0.05, 0) is 25.7 Å². The van der Waals surface area contributed by atoms with E-state index in [-0.39, 0.29) is 12.8 Å². The van der Waals surface area contributed by atoms with Gasteiger partial charge in [0.05, 0.1) is 6.10 Å². The third kappa shape index (κ3) is 11.0. The Morgan fingerprint density at radius 2 is 1.24 bits per heavy atom. The monoisotopic (exact) mass is 490 g/mol. The molecule has 9 N–H and O–H groups in total. The van der Waals surface area contributed by atoms with Crippen molar-refractivity contribution in [1.29, 1.82) is 0 Å². The molecule has 0 aliphatic carbocycles. The third-order valence-corrected chi connectivity index (χ3v) is 5.16. The van der Waals surface area contributed by atoms with Crippen LogP contribution in [-0.2, 0) is 28.8 Å². The van der Waals surface area contributed by atoms with Crippen LogP contribution >= 0.6 is 0 Å². The molecule has 0 aromatic heterocycles. The molecule has 0 aliphatic rings. The number of aliphatic carboxylic acids is 3. The van der Waals surface area contributed by atoms with Crippen LogP contribution in [0.1, 0.15) is 52.9 Å². The average Bonchev–Trinajstić information content (AvgIpc) is 2.75. The van der Waals surface area contributed by atoms with Gasteiger partial charge in [-0.2, -0.15) is 0 Å². The molecular formula is C20H34N4O10. The summed E-state index contributed by atoms with van der Waals surface area (Å²) in [4.78, 5) is 70.9. The van der Waals surface area contributed by atoms with Crippen molar-refractivity contribution in [3.05, 3.63) is 0 Å². The van der Waals surface area contributed by atoms with Gasteiger partial charge in [-0.15, -0.1) is 0 Å². The first-order valence-corrected chi connectivity index (χ1v) is 10.7. The summed E-state index contributed by atoms with van der Waals surface area (Å²) in [5, 5.41) is 43.3. The highest BCUT2D eigenvalue weighted by molar-refractivity contribution is 5.94. The van der Waals surface area contributed by atoms with E-state index in [1.54, 1.807) is 13.8 Å². The molecule has 14 nitrogen and oxygen atoms in total. The van der Waals surface area contributed by atoms with E-state index in [1.807, 2.05) is 0 Å². The molecule has 0 spiro atoms. The lowest BCUT2D eigenvalue weighted by Crippen LogP contribution is -2.59. The lowest BCUT2D eigenvalue weighted by atomic mass is 9.96. The number of carbonyl (C=O) groups is 6. The molecule has 0 heterocycles. The molecule has 0 rings (SSSR count). The maximum absolute atomic E-state index is 12.9.